The Hall–Kier alpha value is -1.18. The van der Waals surface area contributed by atoms with E-state index in [0.717, 1.165) is 17.9 Å². The quantitative estimate of drug-likeness (QED) is 0.735. The van der Waals surface area contributed by atoms with Gasteiger partial charge >= 0.3 is 0 Å². The lowest BCUT2D eigenvalue weighted by atomic mass is 10.0. The molecule has 0 aromatic carbocycles. The van der Waals surface area contributed by atoms with Gasteiger partial charge in [-0.25, -0.2) is 4.98 Å². The van der Waals surface area contributed by atoms with E-state index in [1.54, 1.807) is 6.20 Å². The largest absolute Gasteiger partial charge is 0.376 e. The second-order valence-electron chi connectivity index (χ2n) is 6.02. The van der Waals surface area contributed by atoms with Crippen molar-refractivity contribution in [3.05, 3.63) is 35.4 Å². The minimum absolute atomic E-state index is 0.275. The number of halogens is 1. The molecule has 6 nitrogen and oxygen atoms in total. The number of aliphatic hydroxyl groups excluding tert-OH is 1. The van der Waals surface area contributed by atoms with Gasteiger partial charge < -0.3 is 19.6 Å². The highest BCUT2D eigenvalue weighted by Gasteiger charge is 2.32. The number of nitrogens with zero attached hydrogens (tertiary/aromatic N) is 2. The number of aliphatic hydroxyl groups is 1. The maximum Gasteiger partial charge on any atom is 0.133 e. The molecule has 1 aliphatic rings. The highest BCUT2D eigenvalue weighted by atomic mass is 35.5. The Morgan fingerprint density at radius 1 is 1.59 bits per heavy atom. The predicted molar refractivity (Wildman–Crippen MR) is 85.0 cm³/mol. The number of rotatable bonds is 4. The molecule has 3 N–H and O–H groups in total. The zero-order chi connectivity index (χ0) is 15.7. The molecule has 3 heterocycles. The number of hydrogen-bond acceptors (Lipinski definition) is 5. The smallest absolute Gasteiger partial charge is 0.133 e. The molecule has 2 atom stereocenters. The third-order valence-corrected chi connectivity index (χ3v) is 4.22. The van der Waals surface area contributed by atoms with E-state index >= 15 is 0 Å². The van der Waals surface area contributed by atoms with E-state index in [-0.39, 0.29) is 6.10 Å². The van der Waals surface area contributed by atoms with Gasteiger partial charge in [0, 0.05) is 19.3 Å². The van der Waals surface area contributed by atoms with Gasteiger partial charge in [-0.1, -0.05) is 11.6 Å². The van der Waals surface area contributed by atoms with Crippen LogP contribution in [0.1, 0.15) is 19.7 Å². The Labute approximate surface area is 134 Å². The van der Waals surface area contributed by atoms with Crippen LogP contribution in [0.4, 0.5) is 0 Å². The van der Waals surface area contributed by atoms with Crippen LogP contribution in [-0.4, -0.2) is 46.5 Å². The van der Waals surface area contributed by atoms with Gasteiger partial charge in [0.2, 0.25) is 0 Å². The Kier molecular flexibility index (Phi) is 4.38. The molecule has 2 aromatic rings. The van der Waals surface area contributed by atoms with Gasteiger partial charge in [-0.2, -0.15) is 0 Å². The van der Waals surface area contributed by atoms with E-state index in [1.807, 2.05) is 36.6 Å². The SMILES string of the molecule is CC(C)(NC(O)[C@@H]1CNCCO1)c1ncc2c(Cl)cccn12. The van der Waals surface area contributed by atoms with Crippen molar-refractivity contribution in [1.29, 1.82) is 0 Å². The molecule has 0 saturated carbocycles. The summed E-state index contributed by atoms with van der Waals surface area (Å²) in [7, 11) is 0. The summed E-state index contributed by atoms with van der Waals surface area (Å²) in [5.74, 6) is 0.785. The lowest BCUT2D eigenvalue weighted by Gasteiger charge is -2.34. The van der Waals surface area contributed by atoms with E-state index in [0.29, 0.717) is 18.2 Å². The third-order valence-electron chi connectivity index (χ3n) is 3.90. The first-order valence-electron chi connectivity index (χ1n) is 7.39. The number of nitrogens with one attached hydrogen (secondary N) is 2. The third kappa shape index (κ3) is 2.98. The van der Waals surface area contributed by atoms with Crippen LogP contribution in [0.15, 0.2) is 24.5 Å². The maximum atomic E-state index is 10.4. The Bertz CT molecular complexity index is 652. The van der Waals surface area contributed by atoms with Gasteiger partial charge in [0.1, 0.15) is 18.2 Å². The molecule has 0 radical (unpaired) electrons. The molecular formula is C15H21ClN4O2. The van der Waals surface area contributed by atoms with Crippen molar-refractivity contribution in [1.82, 2.24) is 20.0 Å². The van der Waals surface area contributed by atoms with Crippen LogP contribution in [0, 0.1) is 0 Å². The first kappa shape index (κ1) is 15.7. The van der Waals surface area contributed by atoms with E-state index in [1.165, 1.54) is 0 Å². The van der Waals surface area contributed by atoms with Crippen molar-refractivity contribution in [3.63, 3.8) is 0 Å². The van der Waals surface area contributed by atoms with Crippen LogP contribution >= 0.6 is 11.6 Å². The summed E-state index contributed by atoms with van der Waals surface area (Å²) >= 11 is 6.19. The minimum Gasteiger partial charge on any atom is -0.376 e. The van der Waals surface area contributed by atoms with Gasteiger partial charge in [-0.3, -0.25) is 5.32 Å². The molecule has 2 aromatic heterocycles. The van der Waals surface area contributed by atoms with Gasteiger partial charge in [0.25, 0.3) is 0 Å². The number of pyridine rings is 1. The number of ether oxygens (including phenoxy) is 1. The minimum atomic E-state index is -0.783. The van der Waals surface area contributed by atoms with Crippen LogP contribution in [0.2, 0.25) is 5.02 Å². The monoisotopic (exact) mass is 324 g/mol. The average molecular weight is 325 g/mol. The first-order valence-corrected chi connectivity index (χ1v) is 7.77. The van der Waals surface area contributed by atoms with Crippen LogP contribution in [-0.2, 0) is 10.3 Å². The van der Waals surface area contributed by atoms with Gasteiger partial charge in [0.15, 0.2) is 0 Å². The van der Waals surface area contributed by atoms with E-state index < -0.39 is 11.8 Å². The van der Waals surface area contributed by atoms with Crippen molar-refractivity contribution in [2.75, 3.05) is 19.7 Å². The second-order valence-corrected chi connectivity index (χ2v) is 6.43. The van der Waals surface area contributed by atoms with Gasteiger partial charge in [-0.15, -0.1) is 0 Å². The molecule has 0 spiro atoms. The van der Waals surface area contributed by atoms with Gasteiger partial charge in [-0.05, 0) is 26.0 Å². The first-order chi connectivity index (χ1) is 10.5. The fraction of sp³-hybridized carbons (Fsp3) is 0.533. The summed E-state index contributed by atoms with van der Waals surface area (Å²) in [6.45, 7) is 5.99. The molecular weight excluding hydrogens is 304 g/mol. The maximum absolute atomic E-state index is 10.4. The van der Waals surface area contributed by atoms with E-state index in [4.69, 9.17) is 16.3 Å². The lowest BCUT2D eigenvalue weighted by molar-refractivity contribution is -0.0755. The Balaban J connectivity index is 1.83. The lowest BCUT2D eigenvalue weighted by Crippen LogP contribution is -2.55. The van der Waals surface area contributed by atoms with Crippen LogP contribution < -0.4 is 10.6 Å². The van der Waals surface area contributed by atoms with Gasteiger partial charge in [0.05, 0.1) is 28.9 Å². The Morgan fingerprint density at radius 2 is 2.41 bits per heavy atom. The molecule has 22 heavy (non-hydrogen) atoms. The van der Waals surface area contributed by atoms with Crippen molar-refractivity contribution in [2.24, 2.45) is 0 Å². The summed E-state index contributed by atoms with van der Waals surface area (Å²) in [6.07, 6.45) is 2.60. The molecule has 0 aliphatic carbocycles. The number of fused-ring (bicyclic) bond motifs is 1. The molecule has 7 heteroatoms. The fourth-order valence-corrected chi connectivity index (χ4v) is 2.98. The highest BCUT2D eigenvalue weighted by Crippen LogP contribution is 2.25. The number of aromatic nitrogens is 2. The van der Waals surface area contributed by atoms with E-state index in [9.17, 15) is 5.11 Å². The molecule has 0 bridgehead atoms. The molecule has 1 unspecified atom stereocenters. The fourth-order valence-electron chi connectivity index (χ4n) is 2.77. The zero-order valence-electron chi connectivity index (χ0n) is 12.7. The van der Waals surface area contributed by atoms with Crippen molar-refractivity contribution >= 4 is 17.1 Å². The zero-order valence-corrected chi connectivity index (χ0v) is 13.5. The molecule has 1 saturated heterocycles. The van der Waals surface area contributed by atoms with Crippen LogP contribution in [0.25, 0.3) is 5.52 Å². The van der Waals surface area contributed by atoms with E-state index in [2.05, 4.69) is 15.6 Å². The molecule has 120 valence electrons. The molecule has 1 aliphatic heterocycles. The molecule has 1 fully saturated rings. The highest BCUT2D eigenvalue weighted by molar-refractivity contribution is 6.33. The van der Waals surface area contributed by atoms with Crippen molar-refractivity contribution in [3.8, 4) is 0 Å². The van der Waals surface area contributed by atoms with Crippen LogP contribution in [0.3, 0.4) is 0 Å². The predicted octanol–water partition coefficient (Wildman–Crippen LogP) is 1.12. The molecule has 0 amide bonds. The standard InChI is InChI=1S/C15H21ClN4O2/c1-15(2,19-13(21)12-9-17-5-7-22-12)14-18-8-11-10(16)4-3-6-20(11)14/h3-4,6,8,12-13,17,19,21H,5,7,9H2,1-2H3/t12-,13?/m0/s1. The topological polar surface area (TPSA) is 70.8 Å². The summed E-state index contributed by atoms with van der Waals surface area (Å²) in [6, 6.07) is 3.71. The second kappa shape index (κ2) is 6.14. The average Bonchev–Trinajstić information content (AvgIpc) is 2.94. The van der Waals surface area contributed by atoms with Crippen LogP contribution in [0.5, 0.6) is 0 Å². The normalized spacial score (nSPS) is 21.2. The Morgan fingerprint density at radius 3 is 3.14 bits per heavy atom. The van der Waals surface area contributed by atoms with Crippen molar-refractivity contribution in [2.45, 2.75) is 31.7 Å². The summed E-state index contributed by atoms with van der Waals surface area (Å²) in [5.41, 5.74) is 0.302. The molecule has 3 rings (SSSR count). The van der Waals surface area contributed by atoms with Crippen molar-refractivity contribution < 1.29 is 9.84 Å². The number of imidazole rings is 1. The summed E-state index contributed by atoms with van der Waals surface area (Å²) < 4.78 is 7.52. The summed E-state index contributed by atoms with van der Waals surface area (Å²) in [5, 5.41) is 17.5. The summed E-state index contributed by atoms with van der Waals surface area (Å²) in [4.78, 5) is 4.47. The number of morpholine rings is 1. The number of hydrogen-bond donors (Lipinski definition) is 3.